The summed E-state index contributed by atoms with van der Waals surface area (Å²) < 4.78 is 147. The minimum absolute atomic E-state index is 0.301. The average molecular weight is 583 g/mol. The van der Waals surface area contributed by atoms with Gasteiger partial charge >= 0.3 is 18.7 Å². The van der Waals surface area contributed by atoms with E-state index in [9.17, 15) is 52.7 Å². The van der Waals surface area contributed by atoms with Crippen molar-refractivity contribution in [1.29, 1.82) is 0 Å². The van der Waals surface area contributed by atoms with E-state index in [1.807, 2.05) is 0 Å². The number of carbonyl (C=O) groups is 1. The van der Waals surface area contributed by atoms with Crippen LogP contribution in [0.2, 0.25) is 5.02 Å². The number of carbonyl (C=O) groups excluding carboxylic acids is 1. The van der Waals surface area contributed by atoms with Crippen LogP contribution >= 0.6 is 11.6 Å². The quantitative estimate of drug-likeness (QED) is 0.426. The number of sulfonamides is 1. The van der Waals surface area contributed by atoms with E-state index < -0.39 is 73.0 Å². The van der Waals surface area contributed by atoms with Crippen molar-refractivity contribution in [2.45, 2.75) is 23.6 Å². The SMILES string of the molecule is O=C(NS(=O)(=O)c1ccc(OC(F)(F)F)cc1)c1nnn(-c2ccc(Cl)cc2C(F)(F)F)c1C(F)(F)F. The van der Waals surface area contributed by atoms with Crippen LogP contribution in [0.1, 0.15) is 21.7 Å². The molecule has 8 nitrogen and oxygen atoms in total. The van der Waals surface area contributed by atoms with Gasteiger partial charge in [0.15, 0.2) is 11.4 Å². The lowest BCUT2D eigenvalue weighted by atomic mass is 10.1. The van der Waals surface area contributed by atoms with Crippen molar-refractivity contribution in [3.05, 3.63) is 64.4 Å². The molecule has 37 heavy (non-hydrogen) atoms. The van der Waals surface area contributed by atoms with Crippen LogP contribution in [0.4, 0.5) is 39.5 Å². The molecule has 0 atom stereocenters. The number of alkyl halides is 9. The van der Waals surface area contributed by atoms with Crippen molar-refractivity contribution in [2.24, 2.45) is 0 Å². The fourth-order valence-electron chi connectivity index (χ4n) is 2.83. The van der Waals surface area contributed by atoms with Gasteiger partial charge in [0.25, 0.3) is 15.9 Å². The fourth-order valence-corrected chi connectivity index (χ4v) is 3.95. The molecule has 1 N–H and O–H groups in total. The van der Waals surface area contributed by atoms with Crippen LogP contribution in [0.25, 0.3) is 5.69 Å². The Morgan fingerprint density at radius 1 is 0.919 bits per heavy atom. The van der Waals surface area contributed by atoms with Gasteiger partial charge in [-0.2, -0.15) is 26.3 Å². The van der Waals surface area contributed by atoms with Gasteiger partial charge in [-0.1, -0.05) is 16.8 Å². The molecule has 0 spiro atoms. The van der Waals surface area contributed by atoms with E-state index in [1.54, 1.807) is 0 Å². The maximum Gasteiger partial charge on any atom is 0.573 e. The van der Waals surface area contributed by atoms with E-state index in [0.29, 0.717) is 36.4 Å². The zero-order valence-corrected chi connectivity index (χ0v) is 18.8. The monoisotopic (exact) mass is 582 g/mol. The molecule has 0 fully saturated rings. The number of ether oxygens (including phenoxy) is 1. The standard InChI is InChI=1S/C18H8ClF9N4O4S/c19-8-1-6-12(11(7-8)16(20,21)22)32-14(17(23,24)25)13(29-31-32)15(33)30-37(34,35)10-4-2-9(3-5-10)36-18(26,27)28/h1-7H,(H,30,33). The molecule has 200 valence electrons. The topological polar surface area (TPSA) is 103 Å². The van der Waals surface area contributed by atoms with E-state index in [0.717, 1.165) is 6.07 Å². The number of hydrogen-bond donors (Lipinski definition) is 1. The number of rotatable bonds is 5. The third-order valence-electron chi connectivity index (χ3n) is 4.24. The first-order valence-electron chi connectivity index (χ1n) is 9.12. The van der Waals surface area contributed by atoms with Crippen LogP contribution < -0.4 is 9.46 Å². The second kappa shape index (κ2) is 9.40. The zero-order valence-electron chi connectivity index (χ0n) is 17.2. The molecule has 2 aromatic carbocycles. The van der Waals surface area contributed by atoms with Gasteiger partial charge in [0.1, 0.15) is 5.75 Å². The summed E-state index contributed by atoms with van der Waals surface area (Å²) in [5.74, 6) is -2.89. The molecule has 0 radical (unpaired) electrons. The molecule has 0 bridgehead atoms. The summed E-state index contributed by atoms with van der Waals surface area (Å²) in [5.41, 5.74) is -6.76. The third-order valence-corrected chi connectivity index (χ3v) is 5.82. The number of aromatic nitrogens is 3. The Morgan fingerprint density at radius 2 is 1.51 bits per heavy atom. The molecule has 3 rings (SSSR count). The Balaban J connectivity index is 2.02. The van der Waals surface area contributed by atoms with Crippen molar-refractivity contribution in [3.63, 3.8) is 0 Å². The normalized spacial score (nSPS) is 12.9. The molecule has 1 aromatic heterocycles. The molecule has 0 aliphatic heterocycles. The second-order valence-electron chi connectivity index (χ2n) is 6.81. The predicted molar refractivity (Wildman–Crippen MR) is 104 cm³/mol. The molecular formula is C18H8ClF9N4O4S. The smallest absolute Gasteiger partial charge is 0.406 e. The molecule has 0 aliphatic rings. The van der Waals surface area contributed by atoms with E-state index in [-0.39, 0.29) is 4.68 Å². The molecule has 1 heterocycles. The fraction of sp³-hybridized carbons (Fsp3) is 0.167. The van der Waals surface area contributed by atoms with Crippen LogP contribution in [0.5, 0.6) is 5.75 Å². The van der Waals surface area contributed by atoms with Crippen molar-refractivity contribution >= 4 is 27.5 Å². The Labute approximate surface area is 204 Å². The van der Waals surface area contributed by atoms with Crippen LogP contribution in [-0.2, 0) is 22.4 Å². The summed E-state index contributed by atoms with van der Waals surface area (Å²) in [6.07, 6.45) is -15.9. The van der Waals surface area contributed by atoms with Crippen molar-refractivity contribution in [2.75, 3.05) is 0 Å². The van der Waals surface area contributed by atoms with Crippen LogP contribution in [-0.4, -0.2) is 35.7 Å². The summed E-state index contributed by atoms with van der Waals surface area (Å²) in [4.78, 5) is 11.5. The van der Waals surface area contributed by atoms with Gasteiger partial charge in [0, 0.05) is 5.02 Å². The molecule has 1 amide bonds. The minimum atomic E-state index is -5.57. The van der Waals surface area contributed by atoms with Gasteiger partial charge < -0.3 is 4.74 Å². The molecule has 3 aromatic rings. The van der Waals surface area contributed by atoms with Crippen LogP contribution in [0, 0.1) is 0 Å². The molecule has 0 unspecified atom stereocenters. The number of hydrogen-bond acceptors (Lipinski definition) is 6. The number of nitrogens with zero attached hydrogens (tertiary/aromatic N) is 3. The highest BCUT2D eigenvalue weighted by Gasteiger charge is 2.44. The zero-order chi connectivity index (χ0) is 28.0. The average Bonchev–Trinajstić information content (AvgIpc) is 3.18. The van der Waals surface area contributed by atoms with Gasteiger partial charge in [-0.05, 0) is 42.5 Å². The maximum atomic E-state index is 13.8. The lowest BCUT2D eigenvalue weighted by Gasteiger charge is -2.16. The predicted octanol–water partition coefficient (Wildman–Crippen LogP) is 4.98. The highest BCUT2D eigenvalue weighted by atomic mass is 35.5. The van der Waals surface area contributed by atoms with Crippen LogP contribution in [0.3, 0.4) is 0 Å². The van der Waals surface area contributed by atoms with Crippen molar-refractivity contribution in [1.82, 2.24) is 19.7 Å². The number of nitrogens with one attached hydrogen (secondary N) is 1. The summed E-state index contributed by atoms with van der Waals surface area (Å²) in [5, 5.41) is 5.37. The lowest BCUT2D eigenvalue weighted by molar-refractivity contribution is -0.274. The first-order chi connectivity index (χ1) is 16.8. The van der Waals surface area contributed by atoms with Crippen molar-refractivity contribution < 1.29 is 57.5 Å². The number of amides is 1. The molecule has 0 saturated carbocycles. The first-order valence-corrected chi connectivity index (χ1v) is 11.0. The Kier molecular flexibility index (Phi) is 7.12. The van der Waals surface area contributed by atoms with Gasteiger partial charge in [-0.15, -0.1) is 18.3 Å². The summed E-state index contributed by atoms with van der Waals surface area (Å²) in [6, 6.07) is 3.81. The molecule has 0 saturated heterocycles. The summed E-state index contributed by atoms with van der Waals surface area (Å²) >= 11 is 5.51. The van der Waals surface area contributed by atoms with Crippen LogP contribution in [0.15, 0.2) is 47.4 Å². The highest BCUT2D eigenvalue weighted by Crippen LogP contribution is 2.39. The van der Waals surface area contributed by atoms with E-state index >= 15 is 0 Å². The third kappa shape index (κ3) is 6.43. The van der Waals surface area contributed by atoms with E-state index in [1.165, 1.54) is 4.72 Å². The number of benzene rings is 2. The Bertz CT molecular complexity index is 1430. The van der Waals surface area contributed by atoms with E-state index in [2.05, 4.69) is 15.0 Å². The maximum absolute atomic E-state index is 13.8. The van der Waals surface area contributed by atoms with Gasteiger partial charge in [0.05, 0.1) is 16.1 Å². The summed E-state index contributed by atoms with van der Waals surface area (Å²) in [6.45, 7) is 0. The van der Waals surface area contributed by atoms with Crippen molar-refractivity contribution in [3.8, 4) is 11.4 Å². The largest absolute Gasteiger partial charge is 0.573 e. The lowest BCUT2D eigenvalue weighted by Crippen LogP contribution is -2.32. The highest BCUT2D eigenvalue weighted by molar-refractivity contribution is 7.90. The molecule has 0 aliphatic carbocycles. The first kappa shape index (κ1) is 28.0. The summed E-state index contributed by atoms with van der Waals surface area (Å²) in [7, 11) is -5.00. The Hall–Kier alpha value is -3.54. The van der Waals surface area contributed by atoms with Gasteiger partial charge in [0.2, 0.25) is 0 Å². The molecular weight excluding hydrogens is 575 g/mol. The molecule has 19 heteroatoms. The second-order valence-corrected chi connectivity index (χ2v) is 8.93. The van der Waals surface area contributed by atoms with E-state index in [4.69, 9.17) is 11.6 Å². The number of halogens is 10. The minimum Gasteiger partial charge on any atom is -0.406 e. The van der Waals surface area contributed by atoms with Gasteiger partial charge in [-0.3, -0.25) is 4.79 Å². The Morgan fingerprint density at radius 3 is 2.03 bits per heavy atom. The van der Waals surface area contributed by atoms with Gasteiger partial charge in [-0.25, -0.2) is 17.8 Å².